The van der Waals surface area contributed by atoms with Gasteiger partial charge in [0.05, 0.1) is 19.2 Å². The van der Waals surface area contributed by atoms with Crippen molar-refractivity contribution in [3.8, 4) is 6.07 Å². The predicted octanol–water partition coefficient (Wildman–Crippen LogP) is 0.463. The first kappa shape index (κ1) is 14.5. The summed E-state index contributed by atoms with van der Waals surface area (Å²) in [4.78, 5) is 35.9. The summed E-state index contributed by atoms with van der Waals surface area (Å²) < 4.78 is 18.3. The van der Waals surface area contributed by atoms with Crippen LogP contribution in [0, 0.1) is 17.1 Å². The Hall–Kier alpha value is -2.95. The van der Waals surface area contributed by atoms with Gasteiger partial charge in [-0.1, -0.05) is 6.07 Å². The third-order valence-corrected chi connectivity index (χ3v) is 2.99. The van der Waals surface area contributed by atoms with Crippen molar-refractivity contribution in [1.29, 1.82) is 5.26 Å². The molecular weight excluding hydrogens is 281 g/mol. The number of ether oxygens (including phenoxy) is 1. The summed E-state index contributed by atoms with van der Waals surface area (Å²) in [6, 6.07) is 2.87. The fourth-order valence-corrected chi connectivity index (χ4v) is 1.99. The van der Waals surface area contributed by atoms with E-state index >= 15 is 0 Å². The van der Waals surface area contributed by atoms with Crippen LogP contribution in [0.3, 0.4) is 0 Å². The van der Waals surface area contributed by atoms with Crippen LogP contribution < -0.4 is 5.32 Å². The maximum absolute atomic E-state index is 13.7. The summed E-state index contributed by atoms with van der Waals surface area (Å²) >= 11 is 0. The van der Waals surface area contributed by atoms with E-state index in [1.54, 1.807) is 6.07 Å². The van der Waals surface area contributed by atoms with Crippen molar-refractivity contribution in [2.75, 3.05) is 13.7 Å². The normalized spacial score (nSPS) is 15.4. The Morgan fingerprint density at radius 1 is 1.52 bits per heavy atom. The van der Waals surface area contributed by atoms with Gasteiger partial charge < -0.3 is 10.1 Å². The lowest BCUT2D eigenvalue weighted by atomic mass is 10.0. The molecule has 1 aliphatic rings. The average molecular weight is 291 g/mol. The zero-order valence-corrected chi connectivity index (χ0v) is 10.9. The number of methoxy groups -OCH3 is 1. The van der Waals surface area contributed by atoms with Crippen LogP contribution in [0.1, 0.15) is 17.2 Å². The van der Waals surface area contributed by atoms with E-state index in [4.69, 9.17) is 5.26 Å². The number of hydrogen-bond acceptors (Lipinski definition) is 5. The number of imide groups is 1. The van der Waals surface area contributed by atoms with Gasteiger partial charge in [0.15, 0.2) is 6.04 Å². The number of urea groups is 1. The van der Waals surface area contributed by atoms with E-state index in [-0.39, 0.29) is 17.7 Å². The maximum Gasteiger partial charge on any atom is 0.333 e. The van der Waals surface area contributed by atoms with Gasteiger partial charge in [0, 0.05) is 0 Å². The summed E-state index contributed by atoms with van der Waals surface area (Å²) in [5.41, 5.74) is -0.164. The highest BCUT2D eigenvalue weighted by Crippen LogP contribution is 2.26. The van der Waals surface area contributed by atoms with Gasteiger partial charge in [0.25, 0.3) is 5.91 Å². The average Bonchev–Trinajstić information content (AvgIpc) is 2.79. The molecule has 2 rings (SSSR count). The summed E-state index contributed by atoms with van der Waals surface area (Å²) in [6.07, 6.45) is 0. The standard InChI is InChI=1S/C13H10FN3O4/c1-21-12(19)11(17-10(18)6-16-13(17)20)7-2-3-8(5-15)9(14)4-7/h2-4,11H,6H2,1H3,(H,16,20). The van der Waals surface area contributed by atoms with E-state index in [2.05, 4.69) is 10.1 Å². The van der Waals surface area contributed by atoms with Gasteiger partial charge in [0.2, 0.25) is 0 Å². The van der Waals surface area contributed by atoms with Gasteiger partial charge in [-0.05, 0) is 17.7 Å². The molecule has 1 unspecified atom stereocenters. The summed E-state index contributed by atoms with van der Waals surface area (Å²) in [5, 5.41) is 11.0. The van der Waals surface area contributed by atoms with Crippen LogP contribution in [0.15, 0.2) is 18.2 Å². The zero-order valence-electron chi connectivity index (χ0n) is 10.9. The molecule has 1 heterocycles. The van der Waals surface area contributed by atoms with Crippen molar-refractivity contribution in [1.82, 2.24) is 10.2 Å². The van der Waals surface area contributed by atoms with Crippen molar-refractivity contribution in [2.24, 2.45) is 0 Å². The Kier molecular flexibility index (Phi) is 3.84. The van der Waals surface area contributed by atoms with Gasteiger partial charge in [-0.3, -0.25) is 4.79 Å². The molecule has 0 bridgehead atoms. The molecule has 7 nitrogen and oxygen atoms in total. The van der Waals surface area contributed by atoms with Gasteiger partial charge in [-0.15, -0.1) is 0 Å². The second-order valence-corrected chi connectivity index (χ2v) is 4.20. The van der Waals surface area contributed by atoms with E-state index in [0.717, 1.165) is 13.2 Å². The minimum Gasteiger partial charge on any atom is -0.467 e. The van der Waals surface area contributed by atoms with E-state index < -0.39 is 29.8 Å². The molecule has 21 heavy (non-hydrogen) atoms. The smallest absolute Gasteiger partial charge is 0.333 e. The molecule has 1 atom stereocenters. The first-order valence-corrected chi connectivity index (χ1v) is 5.87. The number of halogens is 1. The van der Waals surface area contributed by atoms with E-state index in [0.29, 0.717) is 4.90 Å². The van der Waals surface area contributed by atoms with Crippen LogP contribution in [-0.2, 0) is 14.3 Å². The van der Waals surface area contributed by atoms with Gasteiger partial charge in [-0.25, -0.2) is 18.9 Å². The lowest BCUT2D eigenvalue weighted by molar-refractivity contribution is -0.149. The van der Waals surface area contributed by atoms with Crippen molar-refractivity contribution in [2.45, 2.75) is 6.04 Å². The molecule has 1 aliphatic heterocycles. The Morgan fingerprint density at radius 2 is 2.24 bits per heavy atom. The number of nitrogens with zero attached hydrogens (tertiary/aromatic N) is 2. The highest BCUT2D eigenvalue weighted by Gasteiger charge is 2.40. The maximum atomic E-state index is 13.7. The van der Waals surface area contributed by atoms with E-state index in [1.165, 1.54) is 12.1 Å². The number of benzene rings is 1. The molecular formula is C13H10FN3O4. The quantitative estimate of drug-likeness (QED) is 0.644. The number of nitrogens with one attached hydrogen (secondary N) is 1. The molecule has 3 amide bonds. The zero-order chi connectivity index (χ0) is 15.6. The number of esters is 1. The second-order valence-electron chi connectivity index (χ2n) is 4.20. The number of carbonyl (C=O) groups excluding carboxylic acids is 3. The molecule has 0 spiro atoms. The van der Waals surface area contributed by atoms with Crippen molar-refractivity contribution in [3.05, 3.63) is 35.1 Å². The van der Waals surface area contributed by atoms with E-state index in [9.17, 15) is 18.8 Å². The van der Waals surface area contributed by atoms with Crippen LogP contribution in [0.4, 0.5) is 9.18 Å². The number of nitriles is 1. The minimum atomic E-state index is -1.40. The van der Waals surface area contributed by atoms with Crippen molar-refractivity contribution in [3.63, 3.8) is 0 Å². The molecule has 1 aromatic rings. The number of hydrogen-bond donors (Lipinski definition) is 1. The topological polar surface area (TPSA) is 99.5 Å². The number of amides is 3. The molecule has 0 aromatic heterocycles. The first-order valence-electron chi connectivity index (χ1n) is 5.87. The Labute approximate surface area is 118 Å². The SMILES string of the molecule is COC(=O)C(c1ccc(C#N)c(F)c1)N1C(=O)CNC1=O. The second kappa shape index (κ2) is 5.58. The van der Waals surface area contributed by atoms with Crippen LogP contribution in [0.2, 0.25) is 0 Å². The Bertz CT molecular complexity index is 652. The fraction of sp³-hybridized carbons (Fsp3) is 0.231. The van der Waals surface area contributed by atoms with E-state index in [1.807, 2.05) is 0 Å². The fourth-order valence-electron chi connectivity index (χ4n) is 1.99. The minimum absolute atomic E-state index is 0.0451. The third-order valence-electron chi connectivity index (χ3n) is 2.99. The van der Waals surface area contributed by atoms with Crippen LogP contribution in [-0.4, -0.2) is 36.5 Å². The molecule has 1 fully saturated rings. The largest absolute Gasteiger partial charge is 0.467 e. The molecule has 0 radical (unpaired) electrons. The first-order chi connectivity index (χ1) is 9.99. The van der Waals surface area contributed by atoms with Gasteiger partial charge in [0.1, 0.15) is 11.9 Å². The highest BCUT2D eigenvalue weighted by molar-refractivity contribution is 6.05. The summed E-state index contributed by atoms with van der Waals surface area (Å²) in [6.45, 7) is -0.245. The molecule has 1 saturated heterocycles. The Balaban J connectivity index is 2.49. The lowest BCUT2D eigenvalue weighted by Gasteiger charge is -2.23. The van der Waals surface area contributed by atoms with Gasteiger partial charge in [-0.2, -0.15) is 5.26 Å². The van der Waals surface area contributed by atoms with Crippen LogP contribution in [0.25, 0.3) is 0 Å². The van der Waals surface area contributed by atoms with Crippen LogP contribution >= 0.6 is 0 Å². The summed E-state index contributed by atoms with van der Waals surface area (Å²) in [5.74, 6) is -2.36. The molecule has 0 aliphatic carbocycles. The molecule has 1 aromatic carbocycles. The van der Waals surface area contributed by atoms with Gasteiger partial charge >= 0.3 is 12.0 Å². The Morgan fingerprint density at radius 3 is 2.71 bits per heavy atom. The molecule has 0 saturated carbocycles. The van der Waals surface area contributed by atoms with Crippen molar-refractivity contribution < 1.29 is 23.5 Å². The predicted molar refractivity (Wildman–Crippen MR) is 66.1 cm³/mol. The molecule has 1 N–H and O–H groups in total. The number of rotatable bonds is 3. The molecule has 8 heteroatoms. The molecule has 108 valence electrons. The van der Waals surface area contributed by atoms with Crippen LogP contribution in [0.5, 0.6) is 0 Å². The highest BCUT2D eigenvalue weighted by atomic mass is 19.1. The lowest BCUT2D eigenvalue weighted by Crippen LogP contribution is -2.39. The monoisotopic (exact) mass is 291 g/mol. The summed E-state index contributed by atoms with van der Waals surface area (Å²) in [7, 11) is 1.09. The van der Waals surface area contributed by atoms with Crippen molar-refractivity contribution >= 4 is 17.9 Å². The number of carbonyl (C=O) groups is 3. The third kappa shape index (κ3) is 2.53.